The summed E-state index contributed by atoms with van der Waals surface area (Å²) in [6, 6.07) is 0. The highest BCUT2D eigenvalue weighted by Gasteiger charge is 2.05. The van der Waals surface area contributed by atoms with Crippen LogP contribution in [0.25, 0.3) is 0 Å². The van der Waals surface area contributed by atoms with Gasteiger partial charge < -0.3 is 5.11 Å². The van der Waals surface area contributed by atoms with E-state index in [4.69, 9.17) is 9.78 Å². The molecule has 1 unspecified atom stereocenters. The van der Waals surface area contributed by atoms with Crippen molar-refractivity contribution < 1.29 is 19.7 Å². The molecule has 0 amide bonds. The smallest absolute Gasteiger partial charge is 0.342 e. The van der Waals surface area contributed by atoms with Crippen LogP contribution < -0.4 is 0 Å². The van der Waals surface area contributed by atoms with Crippen LogP contribution in [-0.2, 0) is 14.6 Å². The predicted molar refractivity (Wildman–Crippen MR) is 173 cm³/mol. The highest BCUT2D eigenvalue weighted by molar-refractivity contribution is 5.68. The van der Waals surface area contributed by atoms with Crippen molar-refractivity contribution in [3.05, 3.63) is 0 Å². The minimum absolute atomic E-state index is 0.0766. The fourth-order valence-electron chi connectivity index (χ4n) is 5.52. The van der Waals surface area contributed by atoms with Crippen LogP contribution in [0.5, 0.6) is 0 Å². The number of aliphatic hydroxyl groups excluding tert-OH is 1. The van der Waals surface area contributed by atoms with Crippen LogP contribution in [0.1, 0.15) is 213 Å². The van der Waals surface area contributed by atoms with E-state index in [0.29, 0.717) is 13.0 Å². The maximum absolute atomic E-state index is 11.8. The number of hydrogen-bond acceptors (Lipinski definition) is 4. The van der Waals surface area contributed by atoms with Crippen molar-refractivity contribution in [3.63, 3.8) is 0 Å². The summed E-state index contributed by atoms with van der Waals surface area (Å²) in [5.74, 6) is -0.210. The molecule has 0 aromatic rings. The van der Waals surface area contributed by atoms with Gasteiger partial charge >= 0.3 is 5.97 Å². The van der Waals surface area contributed by atoms with Crippen molar-refractivity contribution in [2.24, 2.45) is 0 Å². The van der Waals surface area contributed by atoms with E-state index < -0.39 is 0 Å². The maximum atomic E-state index is 11.8. The molecule has 0 aliphatic carbocycles. The summed E-state index contributed by atoms with van der Waals surface area (Å²) in [6.45, 7) is 5.03. The van der Waals surface area contributed by atoms with Gasteiger partial charge in [0.15, 0.2) is 0 Å². The third kappa shape index (κ3) is 33.6. The summed E-state index contributed by atoms with van der Waals surface area (Å²) >= 11 is 0. The summed E-state index contributed by atoms with van der Waals surface area (Å²) in [7, 11) is 0. The van der Waals surface area contributed by atoms with Gasteiger partial charge in [0.2, 0.25) is 0 Å². The number of carbonyl (C=O) groups is 1. The maximum Gasteiger partial charge on any atom is 0.342 e. The van der Waals surface area contributed by atoms with Crippen LogP contribution in [0.3, 0.4) is 0 Å². The van der Waals surface area contributed by atoms with E-state index in [-0.39, 0.29) is 12.1 Å². The standard InChI is InChI=1S/C36H72O4/c1-3-5-7-9-10-11-12-13-14-15-16-19-22-25-29-33-36(38)40-39-34-30-26-23-20-17-18-21-24-28-32-35(37)31-27-8-6-4-2/h35,37H,3-34H2,1-2H3. The summed E-state index contributed by atoms with van der Waals surface area (Å²) in [5.41, 5.74) is 0. The fraction of sp³-hybridized carbons (Fsp3) is 0.972. The molecule has 0 aliphatic heterocycles. The Labute approximate surface area is 251 Å². The zero-order valence-electron chi connectivity index (χ0n) is 27.4. The quantitative estimate of drug-likeness (QED) is 0.0476. The molecule has 0 rings (SSSR count). The van der Waals surface area contributed by atoms with Gasteiger partial charge in [-0.25, -0.2) is 4.79 Å². The van der Waals surface area contributed by atoms with E-state index in [9.17, 15) is 9.90 Å². The van der Waals surface area contributed by atoms with Gasteiger partial charge in [-0.1, -0.05) is 181 Å². The number of hydrogen-bond donors (Lipinski definition) is 1. The molecule has 0 aliphatic rings. The van der Waals surface area contributed by atoms with Crippen molar-refractivity contribution in [2.75, 3.05) is 6.61 Å². The zero-order chi connectivity index (χ0) is 29.2. The summed E-state index contributed by atoms with van der Waals surface area (Å²) in [4.78, 5) is 21.9. The Morgan fingerprint density at radius 2 is 0.800 bits per heavy atom. The molecule has 4 heteroatoms. The van der Waals surface area contributed by atoms with Crippen LogP contribution in [0.4, 0.5) is 0 Å². The van der Waals surface area contributed by atoms with E-state index in [0.717, 1.165) is 38.5 Å². The van der Waals surface area contributed by atoms with Gasteiger partial charge in [0.1, 0.15) is 0 Å². The molecule has 40 heavy (non-hydrogen) atoms. The first-order valence-electron chi connectivity index (χ1n) is 18.2. The Morgan fingerprint density at radius 1 is 0.475 bits per heavy atom. The molecule has 0 spiro atoms. The van der Waals surface area contributed by atoms with Crippen LogP contribution in [-0.4, -0.2) is 23.8 Å². The molecule has 0 saturated heterocycles. The summed E-state index contributed by atoms with van der Waals surface area (Å²) in [5, 5.41) is 10.0. The molecular weight excluding hydrogens is 496 g/mol. The second kappa shape index (κ2) is 34.6. The lowest BCUT2D eigenvalue weighted by Crippen LogP contribution is -2.06. The van der Waals surface area contributed by atoms with Gasteiger partial charge in [0.25, 0.3) is 0 Å². The molecule has 0 bridgehead atoms. The third-order valence-corrected chi connectivity index (χ3v) is 8.29. The van der Waals surface area contributed by atoms with Crippen LogP contribution in [0.15, 0.2) is 0 Å². The molecule has 240 valence electrons. The average molecular weight is 569 g/mol. The first-order valence-corrected chi connectivity index (χ1v) is 18.2. The highest BCUT2D eigenvalue weighted by atomic mass is 17.2. The van der Waals surface area contributed by atoms with Gasteiger partial charge in [-0.2, -0.15) is 4.89 Å². The molecular formula is C36H72O4. The minimum Gasteiger partial charge on any atom is -0.393 e. The first kappa shape index (κ1) is 39.4. The van der Waals surface area contributed by atoms with E-state index in [2.05, 4.69) is 13.8 Å². The SMILES string of the molecule is CCCCCCCCCCCCCCCCCC(=O)OOCCCCCCCCCCCC(O)CCCCCC. The second-order valence-electron chi connectivity index (χ2n) is 12.5. The lowest BCUT2D eigenvalue weighted by molar-refractivity contribution is -0.272. The van der Waals surface area contributed by atoms with Crippen LogP contribution >= 0.6 is 0 Å². The monoisotopic (exact) mass is 569 g/mol. The van der Waals surface area contributed by atoms with Gasteiger partial charge in [-0.3, -0.25) is 4.89 Å². The minimum atomic E-state index is -0.210. The fourth-order valence-corrected chi connectivity index (χ4v) is 5.52. The molecule has 0 radical (unpaired) electrons. The molecule has 4 nitrogen and oxygen atoms in total. The average Bonchev–Trinajstić information content (AvgIpc) is 2.95. The number of carbonyl (C=O) groups excluding carboxylic acids is 1. The summed E-state index contributed by atoms with van der Waals surface area (Å²) < 4.78 is 0. The Hall–Kier alpha value is -0.610. The van der Waals surface area contributed by atoms with Crippen LogP contribution in [0.2, 0.25) is 0 Å². The van der Waals surface area contributed by atoms with Crippen molar-refractivity contribution in [1.29, 1.82) is 0 Å². The lowest BCUT2D eigenvalue weighted by atomic mass is 10.0. The Balaban J connectivity index is 3.19. The topological polar surface area (TPSA) is 55.8 Å². The van der Waals surface area contributed by atoms with Crippen molar-refractivity contribution in [3.8, 4) is 0 Å². The van der Waals surface area contributed by atoms with Gasteiger partial charge in [-0.15, -0.1) is 0 Å². The Morgan fingerprint density at radius 3 is 1.23 bits per heavy atom. The molecule has 0 aromatic heterocycles. The Kier molecular flexibility index (Phi) is 34.1. The molecule has 0 heterocycles. The van der Waals surface area contributed by atoms with E-state index in [1.54, 1.807) is 0 Å². The normalized spacial score (nSPS) is 12.2. The molecule has 1 atom stereocenters. The second-order valence-corrected chi connectivity index (χ2v) is 12.5. The molecule has 0 fully saturated rings. The Bertz CT molecular complexity index is 481. The predicted octanol–water partition coefficient (Wildman–Crippen LogP) is 12.0. The zero-order valence-corrected chi connectivity index (χ0v) is 27.4. The third-order valence-electron chi connectivity index (χ3n) is 8.29. The van der Waals surface area contributed by atoms with Crippen molar-refractivity contribution in [2.45, 2.75) is 219 Å². The number of aliphatic hydroxyl groups is 1. The van der Waals surface area contributed by atoms with Gasteiger partial charge in [0.05, 0.1) is 12.7 Å². The highest BCUT2D eigenvalue weighted by Crippen LogP contribution is 2.15. The lowest BCUT2D eigenvalue weighted by Gasteiger charge is -2.10. The van der Waals surface area contributed by atoms with Crippen molar-refractivity contribution >= 4 is 5.97 Å². The number of unbranched alkanes of at least 4 members (excludes halogenated alkanes) is 25. The van der Waals surface area contributed by atoms with Crippen LogP contribution in [0, 0.1) is 0 Å². The molecule has 1 N–H and O–H groups in total. The number of rotatable bonds is 34. The van der Waals surface area contributed by atoms with E-state index in [1.165, 1.54) is 154 Å². The van der Waals surface area contributed by atoms with Gasteiger partial charge in [-0.05, 0) is 25.7 Å². The molecule has 0 saturated carbocycles. The largest absolute Gasteiger partial charge is 0.393 e. The summed E-state index contributed by atoms with van der Waals surface area (Å²) in [6.07, 6.45) is 38.3. The first-order chi connectivity index (χ1) is 19.7. The van der Waals surface area contributed by atoms with E-state index in [1.807, 2.05) is 0 Å². The van der Waals surface area contributed by atoms with E-state index >= 15 is 0 Å². The van der Waals surface area contributed by atoms with Crippen molar-refractivity contribution in [1.82, 2.24) is 0 Å². The molecule has 0 aromatic carbocycles. The van der Waals surface area contributed by atoms with Gasteiger partial charge in [0, 0.05) is 6.42 Å².